The first-order valence-corrected chi connectivity index (χ1v) is 12.0. The largest absolute Gasteiger partial charge is 0.325 e. The second-order valence-corrected chi connectivity index (χ2v) is 9.33. The normalized spacial score (nSPS) is 10.8. The molecule has 0 atom stereocenters. The van der Waals surface area contributed by atoms with E-state index in [1.807, 2.05) is 47.9 Å². The molecule has 0 saturated carbocycles. The quantitative estimate of drug-likeness (QED) is 0.313. The second kappa shape index (κ2) is 10.1. The van der Waals surface area contributed by atoms with Gasteiger partial charge in [-0.2, -0.15) is 0 Å². The van der Waals surface area contributed by atoms with Crippen molar-refractivity contribution in [2.45, 2.75) is 25.4 Å². The summed E-state index contributed by atoms with van der Waals surface area (Å²) < 4.78 is 3.05. The zero-order valence-corrected chi connectivity index (χ0v) is 20.3. The fraction of sp³-hybridized carbons (Fsp3) is 0.160. The molecule has 32 heavy (non-hydrogen) atoms. The highest BCUT2D eigenvalue weighted by Gasteiger charge is 2.16. The summed E-state index contributed by atoms with van der Waals surface area (Å²) in [7, 11) is 0. The van der Waals surface area contributed by atoms with Crippen molar-refractivity contribution in [3.63, 3.8) is 0 Å². The van der Waals surface area contributed by atoms with Crippen LogP contribution >= 0.6 is 27.7 Å². The lowest BCUT2D eigenvalue weighted by atomic mass is 10.1. The van der Waals surface area contributed by atoms with Gasteiger partial charge in [0.1, 0.15) is 5.82 Å². The Hall–Kier alpha value is -2.90. The van der Waals surface area contributed by atoms with Gasteiger partial charge in [-0.3, -0.25) is 9.36 Å². The first-order valence-electron chi connectivity index (χ1n) is 10.2. The highest BCUT2D eigenvalue weighted by Crippen LogP contribution is 2.25. The molecule has 0 aliphatic rings. The van der Waals surface area contributed by atoms with Gasteiger partial charge >= 0.3 is 0 Å². The van der Waals surface area contributed by atoms with E-state index in [1.54, 1.807) is 0 Å². The Morgan fingerprint density at radius 1 is 1.00 bits per heavy atom. The van der Waals surface area contributed by atoms with E-state index in [2.05, 4.69) is 74.8 Å². The van der Waals surface area contributed by atoms with Crippen molar-refractivity contribution in [2.75, 3.05) is 11.1 Å². The summed E-state index contributed by atoms with van der Waals surface area (Å²) in [6, 6.07) is 24.2. The number of amides is 1. The van der Waals surface area contributed by atoms with Gasteiger partial charge in [0.2, 0.25) is 5.91 Å². The molecular weight excluding hydrogens is 484 g/mol. The molecule has 0 saturated heterocycles. The number of rotatable bonds is 7. The van der Waals surface area contributed by atoms with Gasteiger partial charge in [-0.1, -0.05) is 75.7 Å². The minimum absolute atomic E-state index is 0.0835. The summed E-state index contributed by atoms with van der Waals surface area (Å²) in [6.45, 7) is 4.05. The molecule has 1 N–H and O–H groups in total. The van der Waals surface area contributed by atoms with Crippen LogP contribution in [0.15, 0.2) is 82.4 Å². The average molecular weight is 507 g/mol. The highest BCUT2D eigenvalue weighted by atomic mass is 79.9. The number of benzene rings is 3. The van der Waals surface area contributed by atoms with E-state index in [4.69, 9.17) is 0 Å². The zero-order chi connectivity index (χ0) is 22.5. The molecule has 0 unspecified atom stereocenters. The molecule has 0 aliphatic carbocycles. The molecule has 7 heteroatoms. The van der Waals surface area contributed by atoms with Crippen LogP contribution in [0.5, 0.6) is 0 Å². The summed E-state index contributed by atoms with van der Waals surface area (Å²) in [6.07, 6.45) is 0.659. The maximum absolute atomic E-state index is 12.6. The van der Waals surface area contributed by atoms with Gasteiger partial charge in [0.25, 0.3) is 0 Å². The van der Waals surface area contributed by atoms with Crippen molar-refractivity contribution in [2.24, 2.45) is 0 Å². The van der Waals surface area contributed by atoms with Gasteiger partial charge in [-0.15, -0.1) is 10.2 Å². The van der Waals surface area contributed by atoms with Crippen molar-refractivity contribution in [1.82, 2.24) is 14.8 Å². The van der Waals surface area contributed by atoms with E-state index >= 15 is 0 Å². The van der Waals surface area contributed by atoms with Crippen molar-refractivity contribution in [3.8, 4) is 5.69 Å². The van der Waals surface area contributed by atoms with Crippen LogP contribution in [0.4, 0.5) is 5.69 Å². The Morgan fingerprint density at radius 3 is 2.47 bits per heavy atom. The van der Waals surface area contributed by atoms with Crippen LogP contribution in [0.25, 0.3) is 5.69 Å². The van der Waals surface area contributed by atoms with Gasteiger partial charge < -0.3 is 5.32 Å². The number of hydrogen-bond acceptors (Lipinski definition) is 4. The predicted octanol–water partition coefficient (Wildman–Crippen LogP) is 5.97. The third-order valence-corrected chi connectivity index (χ3v) is 6.79. The Balaban J connectivity index is 1.54. The number of halogens is 1. The molecule has 3 aromatic carbocycles. The number of carbonyl (C=O) groups excluding carboxylic acids is 1. The molecule has 1 amide bonds. The van der Waals surface area contributed by atoms with Crippen LogP contribution in [-0.4, -0.2) is 26.4 Å². The summed E-state index contributed by atoms with van der Waals surface area (Å²) in [5, 5.41) is 12.5. The number of hydrogen-bond donors (Lipinski definition) is 1. The van der Waals surface area contributed by atoms with Gasteiger partial charge in [0.15, 0.2) is 5.16 Å². The molecule has 1 heterocycles. The molecule has 0 fully saturated rings. The number of aromatic nitrogens is 3. The van der Waals surface area contributed by atoms with Crippen LogP contribution in [-0.2, 0) is 11.2 Å². The predicted molar refractivity (Wildman–Crippen MR) is 134 cm³/mol. The van der Waals surface area contributed by atoms with Crippen molar-refractivity contribution in [1.29, 1.82) is 0 Å². The van der Waals surface area contributed by atoms with E-state index in [1.165, 1.54) is 17.3 Å². The van der Waals surface area contributed by atoms with Gasteiger partial charge in [-0.05, 0) is 55.3 Å². The first kappa shape index (κ1) is 22.3. The molecule has 0 radical (unpaired) electrons. The molecule has 0 aliphatic heterocycles. The lowest BCUT2D eigenvalue weighted by molar-refractivity contribution is -0.113. The van der Waals surface area contributed by atoms with Gasteiger partial charge in [-0.25, -0.2) is 0 Å². The zero-order valence-electron chi connectivity index (χ0n) is 17.9. The molecule has 4 rings (SSSR count). The third kappa shape index (κ3) is 5.47. The molecule has 0 bridgehead atoms. The summed E-state index contributed by atoms with van der Waals surface area (Å²) in [4.78, 5) is 12.6. The molecular formula is C25H23BrN4OS. The molecule has 1 aromatic heterocycles. The Morgan fingerprint density at radius 2 is 1.75 bits per heavy atom. The number of nitrogens with one attached hydrogen (secondary N) is 1. The van der Waals surface area contributed by atoms with Crippen LogP contribution < -0.4 is 5.32 Å². The number of aryl methyl sites for hydroxylation is 2. The van der Waals surface area contributed by atoms with E-state index in [-0.39, 0.29) is 11.7 Å². The monoisotopic (exact) mass is 506 g/mol. The van der Waals surface area contributed by atoms with Crippen molar-refractivity contribution >= 4 is 39.3 Å². The fourth-order valence-electron chi connectivity index (χ4n) is 3.29. The van der Waals surface area contributed by atoms with E-state index in [9.17, 15) is 4.79 Å². The lowest BCUT2D eigenvalue weighted by Crippen LogP contribution is -2.14. The standard InChI is InChI=1S/C25H23BrN4OS/c1-17-8-11-21(12-9-17)30-23(15-19-6-4-3-5-7-19)28-29-25(30)32-16-24(31)27-20-10-13-22(26)18(2)14-20/h3-14H,15-16H2,1-2H3,(H,27,31). The minimum atomic E-state index is -0.0835. The number of thioether (sulfide) groups is 1. The summed E-state index contributed by atoms with van der Waals surface area (Å²) >= 11 is 4.86. The molecule has 5 nitrogen and oxygen atoms in total. The number of anilines is 1. The number of carbonyl (C=O) groups is 1. The van der Waals surface area contributed by atoms with Gasteiger partial charge in [0, 0.05) is 22.3 Å². The van der Waals surface area contributed by atoms with E-state index < -0.39 is 0 Å². The topological polar surface area (TPSA) is 59.8 Å². The Bertz CT molecular complexity index is 1220. The second-order valence-electron chi connectivity index (χ2n) is 7.53. The minimum Gasteiger partial charge on any atom is -0.325 e. The summed E-state index contributed by atoms with van der Waals surface area (Å²) in [5.41, 5.74) is 5.18. The molecule has 4 aromatic rings. The van der Waals surface area contributed by atoms with E-state index in [0.717, 1.165) is 32.8 Å². The van der Waals surface area contributed by atoms with E-state index in [0.29, 0.717) is 11.6 Å². The maximum atomic E-state index is 12.6. The van der Waals surface area contributed by atoms with Crippen molar-refractivity contribution in [3.05, 3.63) is 99.8 Å². The van der Waals surface area contributed by atoms with Crippen LogP contribution in [0.3, 0.4) is 0 Å². The van der Waals surface area contributed by atoms with Crippen LogP contribution in [0.2, 0.25) is 0 Å². The smallest absolute Gasteiger partial charge is 0.234 e. The Kier molecular flexibility index (Phi) is 7.07. The molecule has 162 valence electrons. The van der Waals surface area contributed by atoms with Crippen molar-refractivity contribution < 1.29 is 4.79 Å². The summed E-state index contributed by atoms with van der Waals surface area (Å²) in [5.74, 6) is 0.996. The first-order chi connectivity index (χ1) is 15.5. The fourth-order valence-corrected chi connectivity index (χ4v) is 4.31. The van der Waals surface area contributed by atoms with Gasteiger partial charge in [0.05, 0.1) is 5.75 Å². The lowest BCUT2D eigenvalue weighted by Gasteiger charge is -2.11. The highest BCUT2D eigenvalue weighted by molar-refractivity contribution is 9.10. The average Bonchev–Trinajstić information content (AvgIpc) is 3.18. The third-order valence-electron chi connectivity index (χ3n) is 4.97. The Labute approximate surface area is 200 Å². The van der Waals surface area contributed by atoms with Crippen LogP contribution in [0.1, 0.15) is 22.5 Å². The van der Waals surface area contributed by atoms with Crippen LogP contribution in [0, 0.1) is 13.8 Å². The number of nitrogens with zero attached hydrogens (tertiary/aromatic N) is 3. The SMILES string of the molecule is Cc1ccc(-n2c(Cc3ccccc3)nnc2SCC(=O)Nc2ccc(Br)c(C)c2)cc1. The molecule has 0 spiro atoms. The maximum Gasteiger partial charge on any atom is 0.234 e.